The van der Waals surface area contributed by atoms with Gasteiger partial charge in [-0.3, -0.25) is 4.79 Å². The number of hydrogen-bond donors (Lipinski definition) is 8. The highest BCUT2D eigenvalue weighted by Gasteiger charge is 2.53. The number of aliphatic carboxylic acids is 1. The molecular formula is C36H46O17. The van der Waals surface area contributed by atoms with Gasteiger partial charge in [0.05, 0.1) is 19.6 Å². The van der Waals surface area contributed by atoms with E-state index in [1.54, 1.807) is 44.2 Å². The molecule has 0 aliphatic carbocycles. The average Bonchev–Trinajstić information content (AvgIpc) is 3.13. The molecule has 17 nitrogen and oxygen atoms in total. The maximum atomic E-state index is 13.7. The molecule has 0 amide bonds. The molecule has 53 heavy (non-hydrogen) atoms. The van der Waals surface area contributed by atoms with Crippen molar-refractivity contribution in [3.8, 4) is 5.75 Å². The molecular weight excluding hydrogens is 704 g/mol. The molecule has 2 aromatic carbocycles. The number of aliphatic hydroxyl groups excluding tert-OH is 7. The van der Waals surface area contributed by atoms with Crippen LogP contribution in [0.2, 0.25) is 0 Å². The predicted octanol–water partition coefficient (Wildman–Crippen LogP) is -0.751. The molecule has 4 rings (SSSR count). The van der Waals surface area contributed by atoms with Crippen LogP contribution in [0.4, 0.5) is 0 Å². The summed E-state index contributed by atoms with van der Waals surface area (Å²) < 4.78 is 33.3. The van der Waals surface area contributed by atoms with Crippen LogP contribution in [0.25, 0.3) is 6.08 Å². The van der Waals surface area contributed by atoms with E-state index in [2.05, 4.69) is 0 Å². The molecule has 0 unspecified atom stereocenters. The van der Waals surface area contributed by atoms with Gasteiger partial charge in [-0.15, -0.1) is 0 Å². The number of carboxylic acids is 1. The van der Waals surface area contributed by atoms with Crippen LogP contribution in [0.1, 0.15) is 37.8 Å². The highest BCUT2D eigenvalue weighted by Crippen LogP contribution is 2.34. The van der Waals surface area contributed by atoms with E-state index in [0.717, 1.165) is 6.08 Å². The van der Waals surface area contributed by atoms with Crippen molar-refractivity contribution in [1.82, 2.24) is 0 Å². The Balaban J connectivity index is 1.45. The second-order valence-corrected chi connectivity index (χ2v) is 13.2. The first-order valence-corrected chi connectivity index (χ1v) is 16.9. The molecule has 11 atom stereocenters. The van der Waals surface area contributed by atoms with E-state index < -0.39 is 111 Å². The summed E-state index contributed by atoms with van der Waals surface area (Å²) in [4.78, 5) is 38.4. The predicted molar refractivity (Wildman–Crippen MR) is 179 cm³/mol. The van der Waals surface area contributed by atoms with E-state index in [-0.39, 0.29) is 18.1 Å². The third kappa shape index (κ3) is 10.8. The first-order chi connectivity index (χ1) is 25.2. The first-order valence-electron chi connectivity index (χ1n) is 16.9. The fraction of sp³-hybridized carbons (Fsp3) is 0.528. The van der Waals surface area contributed by atoms with Gasteiger partial charge in [-0.2, -0.15) is 0 Å². The van der Waals surface area contributed by atoms with Crippen molar-refractivity contribution in [2.45, 2.75) is 100 Å². The van der Waals surface area contributed by atoms with Crippen LogP contribution in [0.5, 0.6) is 5.75 Å². The SMILES string of the molecule is CC(C)C[C@](CC(=O)O)(O[C@@H]1O[C@H](CO)[C@@H](OC(=O)/C=C/c2ccccc2)[C@H](O)[C@H]1O)C(=O)OCc1ccc(O[C@@H]2O[C@H](CO)[C@@H](O)[C@H](O)[C@H]2O)cc1. The van der Waals surface area contributed by atoms with Crippen molar-refractivity contribution in [2.75, 3.05) is 13.2 Å². The largest absolute Gasteiger partial charge is 0.481 e. The van der Waals surface area contributed by atoms with Crippen molar-refractivity contribution >= 4 is 24.0 Å². The molecule has 2 heterocycles. The molecule has 2 saturated heterocycles. The van der Waals surface area contributed by atoms with E-state index in [9.17, 15) is 55.2 Å². The lowest BCUT2D eigenvalue weighted by molar-refractivity contribution is -0.327. The highest BCUT2D eigenvalue weighted by atomic mass is 16.7. The van der Waals surface area contributed by atoms with Crippen LogP contribution in [-0.2, 0) is 44.7 Å². The zero-order valence-corrected chi connectivity index (χ0v) is 29.0. The van der Waals surface area contributed by atoms with Crippen LogP contribution in [-0.4, -0.2) is 139 Å². The number of hydrogen-bond acceptors (Lipinski definition) is 16. The summed E-state index contributed by atoms with van der Waals surface area (Å²) in [5.74, 6) is -3.74. The highest BCUT2D eigenvalue weighted by molar-refractivity contribution is 5.87. The van der Waals surface area contributed by atoms with Gasteiger partial charge in [0.1, 0.15) is 55.1 Å². The van der Waals surface area contributed by atoms with Crippen molar-refractivity contribution in [2.24, 2.45) is 5.92 Å². The Labute approximate surface area is 304 Å². The monoisotopic (exact) mass is 750 g/mol. The quantitative estimate of drug-likeness (QED) is 0.0775. The lowest BCUT2D eigenvalue weighted by Crippen LogP contribution is -2.63. The van der Waals surface area contributed by atoms with Crippen LogP contribution < -0.4 is 4.74 Å². The molecule has 2 fully saturated rings. The first kappa shape index (κ1) is 41.7. The Kier molecular flexibility index (Phi) is 14.8. The second-order valence-electron chi connectivity index (χ2n) is 13.2. The van der Waals surface area contributed by atoms with Gasteiger partial charge in [-0.25, -0.2) is 9.59 Å². The number of aliphatic hydroxyl groups is 7. The fourth-order valence-electron chi connectivity index (χ4n) is 5.93. The number of benzene rings is 2. The Morgan fingerprint density at radius 1 is 0.811 bits per heavy atom. The maximum Gasteiger partial charge on any atom is 0.339 e. The molecule has 0 saturated carbocycles. The Morgan fingerprint density at radius 2 is 1.43 bits per heavy atom. The van der Waals surface area contributed by atoms with Crippen LogP contribution in [0.15, 0.2) is 60.7 Å². The lowest BCUT2D eigenvalue weighted by atomic mass is 9.88. The van der Waals surface area contributed by atoms with E-state index in [4.69, 9.17) is 28.4 Å². The third-order valence-corrected chi connectivity index (χ3v) is 8.57. The topological polar surface area (TPSA) is 268 Å². The van der Waals surface area contributed by atoms with Crippen molar-refractivity contribution in [3.05, 3.63) is 71.8 Å². The van der Waals surface area contributed by atoms with Gasteiger partial charge in [-0.1, -0.05) is 56.3 Å². The minimum atomic E-state index is -2.26. The van der Waals surface area contributed by atoms with Crippen LogP contribution in [0.3, 0.4) is 0 Å². The summed E-state index contributed by atoms with van der Waals surface area (Å²) in [5.41, 5.74) is -1.19. The average molecular weight is 751 g/mol. The normalized spacial score (nSPS) is 30.1. The summed E-state index contributed by atoms with van der Waals surface area (Å²) >= 11 is 0. The van der Waals surface area contributed by atoms with Gasteiger partial charge >= 0.3 is 17.9 Å². The van der Waals surface area contributed by atoms with Gasteiger partial charge in [0.15, 0.2) is 18.0 Å². The number of carbonyl (C=O) groups excluding carboxylic acids is 2. The minimum Gasteiger partial charge on any atom is -0.481 e. The molecule has 2 aliphatic rings. The summed E-state index contributed by atoms with van der Waals surface area (Å²) in [7, 11) is 0. The molecule has 0 bridgehead atoms. The van der Waals surface area contributed by atoms with E-state index in [0.29, 0.717) is 11.1 Å². The smallest absolute Gasteiger partial charge is 0.339 e. The van der Waals surface area contributed by atoms with Gasteiger partial charge in [0.25, 0.3) is 0 Å². The number of carbonyl (C=O) groups is 3. The standard InChI is InChI=1S/C36H46O17/c1-19(2)14-36(15-25(39)40,35(47)48-18-21-8-11-22(12-9-21)49-33-30(45)28(43)27(42)23(16-37)50-33)53-34-31(46)29(44)32(24(17-38)51-34)52-26(41)13-10-20-6-4-3-5-7-20/h3-13,19,23-24,27-34,37-38,42-46H,14-18H2,1-2H3,(H,39,40)/b13-10+/t23-,24-,27-,28+,29-,30-,31-,32-,33-,34+,36-/m1/s1. The van der Waals surface area contributed by atoms with Crippen LogP contribution >= 0.6 is 0 Å². The zero-order valence-electron chi connectivity index (χ0n) is 29.0. The molecule has 8 N–H and O–H groups in total. The molecule has 0 aromatic heterocycles. The van der Waals surface area contributed by atoms with E-state index in [1.807, 2.05) is 0 Å². The van der Waals surface area contributed by atoms with Crippen LogP contribution in [0, 0.1) is 5.92 Å². The molecule has 17 heteroatoms. The molecule has 0 spiro atoms. The summed E-state index contributed by atoms with van der Waals surface area (Å²) in [6.07, 6.45) is -14.8. The Bertz CT molecular complexity index is 1510. The van der Waals surface area contributed by atoms with Gasteiger partial charge < -0.3 is 69.3 Å². The van der Waals surface area contributed by atoms with E-state index >= 15 is 0 Å². The fourth-order valence-corrected chi connectivity index (χ4v) is 5.93. The molecule has 292 valence electrons. The Hall–Kier alpha value is -4.01. The van der Waals surface area contributed by atoms with Crippen molar-refractivity contribution in [1.29, 1.82) is 0 Å². The summed E-state index contributed by atoms with van der Waals surface area (Å²) in [6, 6.07) is 14.6. The second kappa shape index (κ2) is 18.8. The number of ether oxygens (including phenoxy) is 6. The molecule has 2 aromatic rings. The number of rotatable bonds is 16. The van der Waals surface area contributed by atoms with Crippen molar-refractivity contribution in [3.63, 3.8) is 0 Å². The van der Waals surface area contributed by atoms with Gasteiger partial charge in [-0.05, 0) is 41.7 Å². The third-order valence-electron chi connectivity index (χ3n) is 8.57. The zero-order chi connectivity index (χ0) is 38.9. The molecule has 2 aliphatic heterocycles. The number of esters is 2. The van der Waals surface area contributed by atoms with Crippen molar-refractivity contribution < 1.29 is 83.7 Å². The summed E-state index contributed by atoms with van der Waals surface area (Å²) in [6.45, 7) is 1.51. The van der Waals surface area contributed by atoms with Gasteiger partial charge in [0.2, 0.25) is 6.29 Å². The molecule has 0 radical (unpaired) electrons. The lowest BCUT2D eigenvalue weighted by Gasteiger charge is -2.44. The number of carboxylic acid groups (broad SMARTS) is 1. The maximum absolute atomic E-state index is 13.7. The van der Waals surface area contributed by atoms with E-state index in [1.165, 1.54) is 30.3 Å². The summed E-state index contributed by atoms with van der Waals surface area (Å²) in [5, 5.41) is 81.5. The minimum absolute atomic E-state index is 0.143. The Morgan fingerprint density at radius 3 is 2.04 bits per heavy atom. The van der Waals surface area contributed by atoms with Gasteiger partial charge in [0, 0.05) is 6.08 Å².